The molecule has 1 heterocycles. The van der Waals surface area contributed by atoms with Crippen LogP contribution in [0, 0.1) is 0 Å². The lowest BCUT2D eigenvalue weighted by Crippen LogP contribution is -2.36. The van der Waals surface area contributed by atoms with Crippen LogP contribution >= 0.6 is 12.6 Å². The van der Waals surface area contributed by atoms with Gasteiger partial charge in [-0.05, 0) is 18.6 Å². The topological polar surface area (TPSA) is 37.4 Å². The molecule has 0 aromatic carbocycles. The Labute approximate surface area is 77.5 Å². The van der Waals surface area contributed by atoms with Crippen LogP contribution in [0.25, 0.3) is 0 Å². The van der Waals surface area contributed by atoms with Crippen molar-refractivity contribution >= 4 is 24.8 Å². The van der Waals surface area contributed by atoms with Crippen LogP contribution in [-0.4, -0.2) is 35.4 Å². The molecule has 0 radical (unpaired) electrons. The summed E-state index contributed by atoms with van der Waals surface area (Å²) in [6, 6.07) is -0.169. The second-order valence-corrected chi connectivity index (χ2v) is 3.35. The maximum atomic E-state index is 11.3. The van der Waals surface area contributed by atoms with Crippen LogP contribution in [-0.2, 0) is 9.59 Å². The number of hydrogen-bond donors (Lipinski definition) is 1. The SMILES string of the molecule is O=CC1CCCN1C(=O)CCS. The van der Waals surface area contributed by atoms with E-state index in [9.17, 15) is 9.59 Å². The number of rotatable bonds is 3. The van der Waals surface area contributed by atoms with Crippen molar-refractivity contribution in [2.45, 2.75) is 25.3 Å². The highest BCUT2D eigenvalue weighted by atomic mass is 32.1. The van der Waals surface area contributed by atoms with Gasteiger partial charge in [-0.3, -0.25) is 4.79 Å². The van der Waals surface area contributed by atoms with Gasteiger partial charge in [0.1, 0.15) is 6.29 Å². The van der Waals surface area contributed by atoms with Gasteiger partial charge in [0.25, 0.3) is 0 Å². The summed E-state index contributed by atoms with van der Waals surface area (Å²) < 4.78 is 0. The van der Waals surface area contributed by atoms with E-state index in [1.54, 1.807) is 4.90 Å². The quantitative estimate of drug-likeness (QED) is 0.516. The summed E-state index contributed by atoms with van der Waals surface area (Å²) in [6.45, 7) is 0.732. The van der Waals surface area contributed by atoms with E-state index >= 15 is 0 Å². The molecule has 1 atom stereocenters. The van der Waals surface area contributed by atoms with Crippen molar-refractivity contribution in [1.82, 2.24) is 4.90 Å². The molecular formula is C8H13NO2S. The molecule has 0 bridgehead atoms. The van der Waals surface area contributed by atoms with E-state index in [-0.39, 0.29) is 11.9 Å². The zero-order valence-electron chi connectivity index (χ0n) is 6.90. The van der Waals surface area contributed by atoms with Crippen LogP contribution in [0.3, 0.4) is 0 Å². The van der Waals surface area contributed by atoms with Gasteiger partial charge < -0.3 is 9.69 Å². The third kappa shape index (κ3) is 2.00. The normalized spacial score (nSPS) is 22.8. The molecule has 1 aliphatic heterocycles. The highest BCUT2D eigenvalue weighted by Gasteiger charge is 2.27. The Balaban J connectivity index is 2.49. The molecule has 0 spiro atoms. The second-order valence-electron chi connectivity index (χ2n) is 2.91. The first-order valence-electron chi connectivity index (χ1n) is 4.15. The molecule has 0 saturated carbocycles. The summed E-state index contributed by atoms with van der Waals surface area (Å²) in [7, 11) is 0. The molecule has 4 heteroatoms. The third-order valence-corrected chi connectivity index (χ3v) is 2.33. The number of likely N-dealkylation sites (tertiary alicyclic amines) is 1. The highest BCUT2D eigenvalue weighted by Crippen LogP contribution is 2.16. The van der Waals surface area contributed by atoms with Crippen molar-refractivity contribution in [1.29, 1.82) is 0 Å². The fraction of sp³-hybridized carbons (Fsp3) is 0.750. The van der Waals surface area contributed by atoms with Crippen molar-refractivity contribution < 1.29 is 9.59 Å². The zero-order chi connectivity index (χ0) is 8.97. The highest BCUT2D eigenvalue weighted by molar-refractivity contribution is 7.80. The van der Waals surface area contributed by atoms with Gasteiger partial charge in [-0.2, -0.15) is 12.6 Å². The Bertz CT molecular complexity index is 184. The average Bonchev–Trinajstić information content (AvgIpc) is 2.51. The van der Waals surface area contributed by atoms with Gasteiger partial charge in [-0.15, -0.1) is 0 Å². The second kappa shape index (κ2) is 4.50. The molecule has 12 heavy (non-hydrogen) atoms. The lowest BCUT2D eigenvalue weighted by molar-refractivity contribution is -0.134. The molecule has 1 saturated heterocycles. The van der Waals surface area contributed by atoms with Gasteiger partial charge in [-0.1, -0.05) is 0 Å². The minimum absolute atomic E-state index is 0.0552. The monoisotopic (exact) mass is 187 g/mol. The smallest absolute Gasteiger partial charge is 0.223 e. The van der Waals surface area contributed by atoms with Crippen LogP contribution in [0.5, 0.6) is 0 Å². The molecule has 0 aromatic heterocycles. The molecule has 68 valence electrons. The maximum Gasteiger partial charge on any atom is 0.223 e. The van der Waals surface area contributed by atoms with Crippen molar-refractivity contribution in [2.24, 2.45) is 0 Å². The molecule has 0 aliphatic carbocycles. The van der Waals surface area contributed by atoms with Crippen molar-refractivity contribution in [3.63, 3.8) is 0 Å². The van der Waals surface area contributed by atoms with Crippen LogP contribution in [0.2, 0.25) is 0 Å². The number of thiol groups is 1. The first-order valence-corrected chi connectivity index (χ1v) is 4.78. The van der Waals surface area contributed by atoms with Crippen LogP contribution in [0.15, 0.2) is 0 Å². The van der Waals surface area contributed by atoms with Crippen LogP contribution < -0.4 is 0 Å². The summed E-state index contributed by atoms with van der Waals surface area (Å²) in [5.41, 5.74) is 0. The number of aldehydes is 1. The fourth-order valence-corrected chi connectivity index (χ4v) is 1.67. The van der Waals surface area contributed by atoms with Gasteiger partial charge in [-0.25, -0.2) is 0 Å². The lowest BCUT2D eigenvalue weighted by atomic mass is 10.2. The van der Waals surface area contributed by atoms with E-state index in [1.807, 2.05) is 0 Å². The third-order valence-electron chi connectivity index (χ3n) is 2.10. The van der Waals surface area contributed by atoms with E-state index in [0.717, 1.165) is 25.7 Å². The van der Waals surface area contributed by atoms with Gasteiger partial charge >= 0.3 is 0 Å². The predicted molar refractivity (Wildman–Crippen MR) is 49.3 cm³/mol. The standard InChI is InChI=1S/C8H13NO2S/c10-6-7-2-1-4-9(7)8(11)3-5-12/h6-7,12H,1-5H2. The Morgan fingerprint density at radius 1 is 1.67 bits per heavy atom. The summed E-state index contributed by atoms with van der Waals surface area (Å²) in [4.78, 5) is 23.5. The lowest BCUT2D eigenvalue weighted by Gasteiger charge is -2.19. The molecule has 1 unspecified atom stereocenters. The van der Waals surface area contributed by atoms with E-state index in [2.05, 4.69) is 12.6 Å². The van der Waals surface area contributed by atoms with Gasteiger partial charge in [0.05, 0.1) is 6.04 Å². The predicted octanol–water partition coefficient (Wildman–Crippen LogP) is 0.496. The minimum Gasteiger partial charge on any atom is -0.333 e. The van der Waals surface area contributed by atoms with Crippen molar-refractivity contribution in [3.8, 4) is 0 Å². The van der Waals surface area contributed by atoms with Crippen molar-refractivity contribution in [3.05, 3.63) is 0 Å². The Kier molecular flexibility index (Phi) is 3.59. The number of hydrogen-bond acceptors (Lipinski definition) is 3. The number of nitrogens with zero attached hydrogens (tertiary/aromatic N) is 1. The number of amides is 1. The molecule has 1 aliphatic rings. The van der Waals surface area contributed by atoms with Crippen LogP contribution in [0.4, 0.5) is 0 Å². The molecular weight excluding hydrogens is 174 g/mol. The largest absolute Gasteiger partial charge is 0.333 e. The van der Waals surface area contributed by atoms with E-state index in [0.29, 0.717) is 12.2 Å². The first-order chi connectivity index (χ1) is 5.79. The van der Waals surface area contributed by atoms with Crippen molar-refractivity contribution in [2.75, 3.05) is 12.3 Å². The Morgan fingerprint density at radius 2 is 2.42 bits per heavy atom. The zero-order valence-corrected chi connectivity index (χ0v) is 7.80. The van der Waals surface area contributed by atoms with E-state index < -0.39 is 0 Å². The maximum absolute atomic E-state index is 11.3. The Hall–Kier alpha value is -0.510. The number of carbonyl (C=O) groups is 2. The van der Waals surface area contributed by atoms with Gasteiger partial charge in [0, 0.05) is 13.0 Å². The summed E-state index contributed by atoms with van der Waals surface area (Å²) in [5.74, 6) is 0.612. The molecule has 1 rings (SSSR count). The summed E-state index contributed by atoms with van der Waals surface area (Å²) >= 11 is 3.98. The fourth-order valence-electron chi connectivity index (χ4n) is 1.48. The molecule has 0 aromatic rings. The van der Waals surface area contributed by atoms with E-state index in [1.165, 1.54) is 0 Å². The minimum atomic E-state index is -0.169. The van der Waals surface area contributed by atoms with Gasteiger partial charge in [0.15, 0.2) is 0 Å². The molecule has 0 N–H and O–H groups in total. The van der Waals surface area contributed by atoms with E-state index in [4.69, 9.17) is 0 Å². The summed E-state index contributed by atoms with van der Waals surface area (Å²) in [5, 5.41) is 0. The molecule has 1 amide bonds. The molecule has 1 fully saturated rings. The molecule has 3 nitrogen and oxygen atoms in total. The van der Waals surface area contributed by atoms with Crippen LogP contribution in [0.1, 0.15) is 19.3 Å². The van der Waals surface area contributed by atoms with Gasteiger partial charge in [0.2, 0.25) is 5.91 Å². The number of carbonyl (C=O) groups excluding carboxylic acids is 2. The Morgan fingerprint density at radius 3 is 3.00 bits per heavy atom. The summed E-state index contributed by atoms with van der Waals surface area (Å²) in [6.07, 6.45) is 3.07. The average molecular weight is 187 g/mol. The first kappa shape index (κ1) is 9.58.